The molecule has 1 aromatic carbocycles. The van der Waals surface area contributed by atoms with Gasteiger partial charge in [0.25, 0.3) is 0 Å². The molecule has 0 saturated carbocycles. The molecular formula is C19H26N2. The van der Waals surface area contributed by atoms with Crippen molar-refractivity contribution in [2.75, 3.05) is 6.54 Å². The van der Waals surface area contributed by atoms with Crippen molar-refractivity contribution in [2.45, 2.75) is 46.6 Å². The van der Waals surface area contributed by atoms with Crippen molar-refractivity contribution in [3.63, 3.8) is 0 Å². The van der Waals surface area contributed by atoms with Crippen molar-refractivity contribution in [1.29, 1.82) is 0 Å². The zero-order valence-electron chi connectivity index (χ0n) is 13.6. The van der Waals surface area contributed by atoms with E-state index in [-0.39, 0.29) is 0 Å². The first-order chi connectivity index (χ1) is 10.1. The van der Waals surface area contributed by atoms with E-state index in [1.54, 1.807) is 0 Å². The maximum Gasteiger partial charge on any atom is 0.0422 e. The van der Waals surface area contributed by atoms with E-state index >= 15 is 0 Å². The lowest BCUT2D eigenvalue weighted by atomic mass is 9.95. The first kappa shape index (κ1) is 15.7. The lowest BCUT2D eigenvalue weighted by Crippen LogP contribution is -2.25. The lowest BCUT2D eigenvalue weighted by Gasteiger charge is -2.21. The summed E-state index contributed by atoms with van der Waals surface area (Å²) in [7, 11) is 0. The van der Waals surface area contributed by atoms with Crippen molar-refractivity contribution in [3.8, 4) is 0 Å². The summed E-state index contributed by atoms with van der Waals surface area (Å²) in [6.45, 7) is 9.66. The first-order valence-corrected chi connectivity index (χ1v) is 7.82. The zero-order valence-corrected chi connectivity index (χ0v) is 13.6. The third-order valence-electron chi connectivity index (χ3n) is 3.83. The van der Waals surface area contributed by atoms with Gasteiger partial charge < -0.3 is 5.32 Å². The highest BCUT2D eigenvalue weighted by atomic mass is 14.9. The molecule has 1 atom stereocenters. The van der Waals surface area contributed by atoms with Crippen LogP contribution in [0.3, 0.4) is 0 Å². The largest absolute Gasteiger partial charge is 0.310 e. The molecule has 0 saturated heterocycles. The molecule has 0 fully saturated rings. The lowest BCUT2D eigenvalue weighted by molar-refractivity contribution is 0.522. The molecule has 1 heterocycles. The highest BCUT2D eigenvalue weighted by molar-refractivity contribution is 5.33. The summed E-state index contributed by atoms with van der Waals surface area (Å²) < 4.78 is 0. The van der Waals surface area contributed by atoms with E-state index in [1.165, 1.54) is 22.3 Å². The van der Waals surface area contributed by atoms with Crippen LogP contribution in [0.25, 0.3) is 0 Å². The van der Waals surface area contributed by atoms with Crippen LogP contribution in [0.15, 0.2) is 36.5 Å². The molecule has 2 aromatic rings. The molecule has 21 heavy (non-hydrogen) atoms. The summed E-state index contributed by atoms with van der Waals surface area (Å²) in [4.78, 5) is 4.56. The predicted octanol–water partition coefficient (Wildman–Crippen LogP) is 4.29. The maximum absolute atomic E-state index is 4.56. The van der Waals surface area contributed by atoms with Gasteiger partial charge >= 0.3 is 0 Å². The van der Waals surface area contributed by atoms with Gasteiger partial charge in [-0.15, -0.1) is 0 Å². The minimum Gasteiger partial charge on any atom is -0.310 e. The molecule has 0 aliphatic rings. The normalized spacial score (nSPS) is 12.4. The van der Waals surface area contributed by atoms with Gasteiger partial charge in [0.05, 0.1) is 0 Å². The van der Waals surface area contributed by atoms with Crippen molar-refractivity contribution in [3.05, 3.63) is 64.5 Å². The van der Waals surface area contributed by atoms with E-state index < -0.39 is 0 Å². The molecule has 0 aliphatic heterocycles. The van der Waals surface area contributed by atoms with E-state index in [0.717, 1.165) is 25.1 Å². The van der Waals surface area contributed by atoms with Crippen molar-refractivity contribution in [2.24, 2.45) is 0 Å². The molecule has 1 unspecified atom stereocenters. The Morgan fingerprint density at radius 3 is 2.43 bits per heavy atom. The molecule has 2 nitrogen and oxygen atoms in total. The van der Waals surface area contributed by atoms with Gasteiger partial charge in [0.1, 0.15) is 0 Å². The average Bonchev–Trinajstić information content (AvgIpc) is 2.46. The topological polar surface area (TPSA) is 24.9 Å². The number of benzene rings is 1. The van der Waals surface area contributed by atoms with Crippen LogP contribution in [0.1, 0.15) is 47.3 Å². The Labute approximate surface area is 128 Å². The summed E-state index contributed by atoms with van der Waals surface area (Å²) in [6.07, 6.45) is 4.03. The fraction of sp³-hybridized carbons (Fsp3) is 0.421. The molecule has 1 N–H and O–H groups in total. The van der Waals surface area contributed by atoms with Crippen LogP contribution in [0.5, 0.6) is 0 Å². The summed E-state index contributed by atoms with van der Waals surface area (Å²) in [6, 6.07) is 11.3. The molecule has 0 radical (unpaired) electrons. The van der Waals surface area contributed by atoms with Gasteiger partial charge in [-0.3, -0.25) is 4.98 Å². The summed E-state index contributed by atoms with van der Waals surface area (Å²) in [5, 5.41) is 3.67. The number of pyridine rings is 1. The number of rotatable bonds is 6. The van der Waals surface area contributed by atoms with E-state index in [1.807, 2.05) is 6.20 Å². The van der Waals surface area contributed by atoms with Crippen LogP contribution in [0.2, 0.25) is 0 Å². The molecule has 0 aliphatic carbocycles. The number of nitrogens with one attached hydrogen (secondary N) is 1. The fourth-order valence-electron chi connectivity index (χ4n) is 2.66. The van der Waals surface area contributed by atoms with Crippen molar-refractivity contribution in [1.82, 2.24) is 10.3 Å². The van der Waals surface area contributed by atoms with Gasteiger partial charge in [-0.1, -0.05) is 36.8 Å². The smallest absolute Gasteiger partial charge is 0.0422 e. The Morgan fingerprint density at radius 2 is 1.81 bits per heavy atom. The third-order valence-corrected chi connectivity index (χ3v) is 3.83. The Balaban J connectivity index is 2.22. The molecule has 2 heteroatoms. The zero-order chi connectivity index (χ0) is 15.2. The van der Waals surface area contributed by atoms with E-state index in [0.29, 0.717) is 6.04 Å². The Bertz CT molecular complexity index is 573. The minimum atomic E-state index is 0.334. The SMILES string of the molecule is CCCNC(Cc1ccc(C)cn1)c1ccc(C)cc1C. The predicted molar refractivity (Wildman–Crippen MR) is 89.6 cm³/mol. The Kier molecular flexibility index (Phi) is 5.51. The molecule has 0 bridgehead atoms. The molecule has 0 amide bonds. The molecular weight excluding hydrogens is 256 g/mol. The highest BCUT2D eigenvalue weighted by Crippen LogP contribution is 2.22. The molecule has 0 spiro atoms. The number of nitrogens with zero attached hydrogens (tertiary/aromatic N) is 1. The summed E-state index contributed by atoms with van der Waals surface area (Å²) in [5.41, 5.74) is 6.42. The molecule has 1 aromatic heterocycles. The second kappa shape index (κ2) is 7.37. The molecule has 2 rings (SSSR count). The minimum absolute atomic E-state index is 0.334. The van der Waals surface area contributed by atoms with Crippen molar-refractivity contribution < 1.29 is 0 Å². The first-order valence-electron chi connectivity index (χ1n) is 7.82. The van der Waals surface area contributed by atoms with E-state index in [2.05, 4.69) is 68.3 Å². The second-order valence-electron chi connectivity index (χ2n) is 5.90. The number of aromatic nitrogens is 1. The van der Waals surface area contributed by atoms with Crippen LogP contribution in [-0.4, -0.2) is 11.5 Å². The van der Waals surface area contributed by atoms with Gasteiger partial charge in [0, 0.05) is 24.4 Å². The van der Waals surface area contributed by atoms with Gasteiger partial charge in [0.2, 0.25) is 0 Å². The van der Waals surface area contributed by atoms with Crippen LogP contribution in [0, 0.1) is 20.8 Å². The highest BCUT2D eigenvalue weighted by Gasteiger charge is 2.14. The van der Waals surface area contributed by atoms with Crippen LogP contribution < -0.4 is 5.32 Å². The number of hydrogen-bond acceptors (Lipinski definition) is 2. The standard InChI is InChI=1S/C19H26N2/c1-5-10-20-19(12-17-8-6-15(3)13-21-17)18-9-7-14(2)11-16(18)4/h6-9,11,13,19-20H,5,10,12H2,1-4H3. The van der Waals surface area contributed by atoms with Gasteiger partial charge in [-0.25, -0.2) is 0 Å². The quantitative estimate of drug-likeness (QED) is 0.855. The monoisotopic (exact) mass is 282 g/mol. The van der Waals surface area contributed by atoms with Crippen molar-refractivity contribution >= 4 is 0 Å². The Hall–Kier alpha value is -1.67. The molecule has 112 valence electrons. The van der Waals surface area contributed by atoms with E-state index in [9.17, 15) is 0 Å². The van der Waals surface area contributed by atoms with Crippen LogP contribution in [-0.2, 0) is 6.42 Å². The Morgan fingerprint density at radius 1 is 1.05 bits per heavy atom. The number of hydrogen-bond donors (Lipinski definition) is 1. The number of aryl methyl sites for hydroxylation is 3. The van der Waals surface area contributed by atoms with Gasteiger partial charge in [0.15, 0.2) is 0 Å². The van der Waals surface area contributed by atoms with Crippen LogP contribution in [0.4, 0.5) is 0 Å². The van der Waals surface area contributed by atoms with E-state index in [4.69, 9.17) is 0 Å². The summed E-state index contributed by atoms with van der Waals surface area (Å²) in [5.74, 6) is 0. The van der Waals surface area contributed by atoms with Crippen LogP contribution >= 0.6 is 0 Å². The average molecular weight is 282 g/mol. The second-order valence-corrected chi connectivity index (χ2v) is 5.90. The third kappa shape index (κ3) is 4.40. The summed E-state index contributed by atoms with van der Waals surface area (Å²) >= 11 is 0. The van der Waals surface area contributed by atoms with Gasteiger partial charge in [-0.2, -0.15) is 0 Å². The fourth-order valence-corrected chi connectivity index (χ4v) is 2.66. The maximum atomic E-state index is 4.56. The van der Waals surface area contributed by atoms with Gasteiger partial charge in [-0.05, 0) is 56.5 Å².